The Balaban J connectivity index is 2.93. The van der Waals surface area contributed by atoms with Gasteiger partial charge >= 0.3 is 0 Å². The molecule has 2 rings (SSSR count). The third-order valence-corrected chi connectivity index (χ3v) is 1.54. The van der Waals surface area contributed by atoms with Crippen LogP contribution in [0.3, 0.4) is 0 Å². The Morgan fingerprint density at radius 1 is 1.50 bits per heavy atom. The molecule has 0 fully saturated rings. The first-order chi connectivity index (χ1) is 5.77. The Bertz CT molecular complexity index is 476. The number of aromatic amines is 1. The topological polar surface area (TPSA) is 71.5 Å². The second kappa shape index (κ2) is 2.37. The van der Waals surface area contributed by atoms with Crippen LogP contribution in [0, 0.1) is 6.92 Å². The number of aromatic nitrogens is 4. The second-order valence-electron chi connectivity index (χ2n) is 2.41. The van der Waals surface area contributed by atoms with Crippen molar-refractivity contribution in [2.75, 3.05) is 0 Å². The molecule has 2 aromatic rings. The lowest BCUT2D eigenvalue weighted by Crippen LogP contribution is -2.11. The molecule has 0 atom stereocenters. The predicted octanol–water partition coefficient (Wildman–Crippen LogP) is 0.0215. The lowest BCUT2D eigenvalue weighted by molar-refractivity contribution is 1.07. The molecule has 5 heteroatoms. The minimum atomic E-state index is -0.197. The molecule has 0 spiro atoms. The summed E-state index contributed by atoms with van der Waals surface area (Å²) < 4.78 is 0. The molecule has 0 amide bonds. The minimum absolute atomic E-state index is 0.197. The lowest BCUT2D eigenvalue weighted by Gasteiger charge is -1.94. The van der Waals surface area contributed by atoms with Crippen molar-refractivity contribution >= 4 is 11.2 Å². The number of rotatable bonds is 0. The Hall–Kier alpha value is -1.78. The first-order valence-corrected chi connectivity index (χ1v) is 3.44. The van der Waals surface area contributed by atoms with E-state index in [4.69, 9.17) is 0 Å². The first-order valence-electron chi connectivity index (χ1n) is 3.44. The molecule has 12 heavy (non-hydrogen) atoms. The number of hydrogen-bond acceptors (Lipinski definition) is 4. The zero-order valence-electron chi connectivity index (χ0n) is 6.40. The molecule has 2 heterocycles. The lowest BCUT2D eigenvalue weighted by atomic mass is 10.4. The van der Waals surface area contributed by atoms with E-state index in [9.17, 15) is 4.79 Å². The van der Waals surface area contributed by atoms with Crippen LogP contribution in [0.5, 0.6) is 0 Å². The Kier molecular flexibility index (Phi) is 1.36. The van der Waals surface area contributed by atoms with Gasteiger partial charge in [0, 0.05) is 0 Å². The highest BCUT2D eigenvalue weighted by Crippen LogP contribution is 1.98. The fourth-order valence-electron chi connectivity index (χ4n) is 0.923. The smallest absolute Gasteiger partial charge is 0.269 e. The number of fused-ring (bicyclic) bond motifs is 1. The van der Waals surface area contributed by atoms with Crippen LogP contribution in [0.2, 0.25) is 0 Å². The summed E-state index contributed by atoms with van der Waals surface area (Å²) in [6, 6.07) is 0. The maximum Gasteiger partial charge on any atom is 0.269 e. The number of H-pyrrole nitrogens is 1. The largest absolute Gasteiger partial charge is 0.316 e. The molecule has 0 unspecified atom stereocenters. The average molecular weight is 162 g/mol. The van der Waals surface area contributed by atoms with Gasteiger partial charge in [0.1, 0.15) is 17.5 Å². The van der Waals surface area contributed by atoms with Crippen LogP contribution in [0.15, 0.2) is 17.3 Å². The van der Waals surface area contributed by atoms with Crippen molar-refractivity contribution in [2.24, 2.45) is 0 Å². The zero-order valence-corrected chi connectivity index (χ0v) is 6.40. The highest BCUT2D eigenvalue weighted by molar-refractivity contribution is 5.67. The van der Waals surface area contributed by atoms with Crippen molar-refractivity contribution in [2.45, 2.75) is 6.92 Å². The van der Waals surface area contributed by atoms with E-state index >= 15 is 0 Å². The van der Waals surface area contributed by atoms with Gasteiger partial charge in [-0.3, -0.25) is 4.79 Å². The summed E-state index contributed by atoms with van der Waals surface area (Å²) in [5.74, 6) is 0. The molecule has 0 aliphatic heterocycles. The Labute approximate surface area is 67.5 Å². The monoisotopic (exact) mass is 162 g/mol. The van der Waals surface area contributed by atoms with Crippen LogP contribution in [-0.4, -0.2) is 19.9 Å². The molecule has 0 aliphatic rings. The number of aryl methyl sites for hydroxylation is 1. The molecule has 2 aromatic heterocycles. The Morgan fingerprint density at radius 3 is 3.17 bits per heavy atom. The van der Waals surface area contributed by atoms with Crippen molar-refractivity contribution in [1.82, 2.24) is 19.9 Å². The maximum absolute atomic E-state index is 11.1. The summed E-state index contributed by atoms with van der Waals surface area (Å²) in [4.78, 5) is 25.3. The van der Waals surface area contributed by atoms with E-state index in [2.05, 4.69) is 19.9 Å². The van der Waals surface area contributed by atoms with Gasteiger partial charge in [-0.15, -0.1) is 0 Å². The molecule has 5 nitrogen and oxygen atoms in total. The van der Waals surface area contributed by atoms with Crippen LogP contribution >= 0.6 is 0 Å². The van der Waals surface area contributed by atoms with Crippen LogP contribution in [0.1, 0.15) is 5.69 Å². The van der Waals surface area contributed by atoms with E-state index in [1.165, 1.54) is 12.5 Å². The van der Waals surface area contributed by atoms with Gasteiger partial charge in [-0.1, -0.05) is 0 Å². The Morgan fingerprint density at radius 2 is 2.33 bits per heavy atom. The van der Waals surface area contributed by atoms with E-state index in [0.717, 1.165) is 0 Å². The fourth-order valence-corrected chi connectivity index (χ4v) is 0.923. The summed E-state index contributed by atoms with van der Waals surface area (Å²) in [7, 11) is 0. The normalized spacial score (nSPS) is 10.4. The molecule has 0 saturated heterocycles. The summed E-state index contributed by atoms with van der Waals surface area (Å²) in [6.45, 7) is 1.64. The molecule has 0 bridgehead atoms. The number of nitrogens with one attached hydrogen (secondary N) is 1. The van der Waals surface area contributed by atoms with Gasteiger partial charge in [-0.25, -0.2) is 15.0 Å². The molecular weight excluding hydrogens is 156 g/mol. The average Bonchev–Trinajstić information content (AvgIpc) is 2.07. The number of hydrogen-bond donors (Lipinski definition) is 1. The molecule has 1 N–H and O–H groups in total. The first kappa shape index (κ1) is 6.90. The molecule has 0 radical (unpaired) electrons. The van der Waals surface area contributed by atoms with E-state index in [0.29, 0.717) is 16.9 Å². The second-order valence-corrected chi connectivity index (χ2v) is 2.41. The molecule has 0 aromatic carbocycles. The third kappa shape index (κ3) is 0.952. The molecular formula is C7H6N4O. The summed E-state index contributed by atoms with van der Waals surface area (Å²) in [6.07, 6.45) is 2.92. The van der Waals surface area contributed by atoms with Gasteiger partial charge < -0.3 is 4.98 Å². The van der Waals surface area contributed by atoms with Gasteiger partial charge in [0.15, 0.2) is 5.65 Å². The summed E-state index contributed by atoms with van der Waals surface area (Å²) in [5.41, 5.74) is 1.30. The summed E-state index contributed by atoms with van der Waals surface area (Å²) >= 11 is 0. The highest BCUT2D eigenvalue weighted by atomic mass is 16.1. The standard InChI is InChI=1S/C7H6N4O/c1-4-7(12)11-5-2-8-3-9-6(5)10-4/h2-3H,1H3,(H,11,12). The van der Waals surface area contributed by atoms with Gasteiger partial charge in [0.2, 0.25) is 0 Å². The fraction of sp³-hybridized carbons (Fsp3) is 0.143. The van der Waals surface area contributed by atoms with Crippen LogP contribution in [-0.2, 0) is 0 Å². The van der Waals surface area contributed by atoms with Crippen molar-refractivity contribution in [3.8, 4) is 0 Å². The van der Waals surface area contributed by atoms with Crippen LogP contribution in [0.25, 0.3) is 11.2 Å². The van der Waals surface area contributed by atoms with Crippen molar-refractivity contribution in [1.29, 1.82) is 0 Å². The van der Waals surface area contributed by atoms with E-state index in [-0.39, 0.29) is 5.56 Å². The van der Waals surface area contributed by atoms with Crippen molar-refractivity contribution in [3.63, 3.8) is 0 Å². The zero-order chi connectivity index (χ0) is 8.55. The maximum atomic E-state index is 11.1. The van der Waals surface area contributed by atoms with Crippen molar-refractivity contribution < 1.29 is 0 Å². The van der Waals surface area contributed by atoms with Gasteiger partial charge in [0.05, 0.1) is 6.20 Å². The predicted molar refractivity (Wildman–Crippen MR) is 42.7 cm³/mol. The van der Waals surface area contributed by atoms with Gasteiger partial charge in [-0.05, 0) is 6.92 Å². The van der Waals surface area contributed by atoms with Crippen LogP contribution < -0.4 is 5.56 Å². The number of nitrogens with zero attached hydrogens (tertiary/aromatic N) is 3. The van der Waals surface area contributed by atoms with Gasteiger partial charge in [-0.2, -0.15) is 0 Å². The molecule has 0 saturated carbocycles. The summed E-state index contributed by atoms with van der Waals surface area (Å²) in [5, 5.41) is 0. The quantitative estimate of drug-likeness (QED) is 0.592. The third-order valence-electron chi connectivity index (χ3n) is 1.54. The van der Waals surface area contributed by atoms with Gasteiger partial charge in [0.25, 0.3) is 5.56 Å². The minimum Gasteiger partial charge on any atom is -0.316 e. The highest BCUT2D eigenvalue weighted by Gasteiger charge is 1.99. The van der Waals surface area contributed by atoms with Crippen molar-refractivity contribution in [3.05, 3.63) is 28.6 Å². The molecule has 0 aliphatic carbocycles. The van der Waals surface area contributed by atoms with E-state index < -0.39 is 0 Å². The van der Waals surface area contributed by atoms with E-state index in [1.807, 2.05) is 0 Å². The van der Waals surface area contributed by atoms with E-state index in [1.54, 1.807) is 6.92 Å². The van der Waals surface area contributed by atoms with Crippen LogP contribution in [0.4, 0.5) is 0 Å². The SMILES string of the molecule is Cc1nc2ncncc2[nH]c1=O. The molecule has 60 valence electrons.